The minimum Gasteiger partial charge on any atom is -0.387 e. The molecule has 1 unspecified atom stereocenters. The van der Waals surface area contributed by atoms with Gasteiger partial charge in [-0.25, -0.2) is 4.98 Å². The number of aryl methyl sites for hydroxylation is 1. The molecular formula is C14H16N2O. The zero-order chi connectivity index (χ0) is 11.8. The van der Waals surface area contributed by atoms with E-state index in [9.17, 15) is 5.11 Å². The fraction of sp³-hybridized carbons (Fsp3) is 0.357. The van der Waals surface area contributed by atoms with Gasteiger partial charge in [-0.05, 0) is 25.3 Å². The summed E-state index contributed by atoms with van der Waals surface area (Å²) in [4.78, 5) is 4.48. The monoisotopic (exact) mass is 228 g/mol. The van der Waals surface area contributed by atoms with Crippen LogP contribution in [0.2, 0.25) is 0 Å². The topological polar surface area (TPSA) is 38.0 Å². The van der Waals surface area contributed by atoms with Crippen LogP contribution in [-0.2, 0) is 6.54 Å². The third kappa shape index (κ3) is 1.67. The van der Waals surface area contributed by atoms with Gasteiger partial charge in [0.2, 0.25) is 0 Å². The van der Waals surface area contributed by atoms with Gasteiger partial charge in [-0.15, -0.1) is 0 Å². The number of hydrogen-bond acceptors (Lipinski definition) is 2. The number of aliphatic hydroxyl groups excluding tert-OH is 1. The Kier molecular flexibility index (Phi) is 2.48. The first-order valence-corrected chi connectivity index (χ1v) is 6.07. The normalized spacial score (nSPS) is 19.1. The Morgan fingerprint density at radius 3 is 3.00 bits per heavy atom. The summed E-state index contributed by atoms with van der Waals surface area (Å²) in [6, 6.07) is 8.25. The molecule has 1 aliphatic rings. The largest absolute Gasteiger partial charge is 0.387 e. The molecule has 3 rings (SSSR count). The van der Waals surface area contributed by atoms with Crippen LogP contribution in [0.25, 0.3) is 11.4 Å². The first-order valence-electron chi connectivity index (χ1n) is 6.07. The molecule has 1 atom stereocenters. The number of nitrogens with zero attached hydrogens (tertiary/aromatic N) is 2. The summed E-state index contributed by atoms with van der Waals surface area (Å²) >= 11 is 0. The van der Waals surface area contributed by atoms with E-state index in [0.717, 1.165) is 36.5 Å². The van der Waals surface area contributed by atoms with Crippen molar-refractivity contribution >= 4 is 0 Å². The van der Waals surface area contributed by atoms with Gasteiger partial charge in [-0.2, -0.15) is 0 Å². The molecule has 0 radical (unpaired) electrons. The first kappa shape index (κ1) is 10.5. The molecule has 3 heteroatoms. The van der Waals surface area contributed by atoms with Crippen molar-refractivity contribution in [2.75, 3.05) is 0 Å². The summed E-state index contributed by atoms with van der Waals surface area (Å²) in [7, 11) is 0. The quantitative estimate of drug-likeness (QED) is 0.815. The maximum Gasteiger partial charge on any atom is 0.140 e. The van der Waals surface area contributed by atoms with E-state index in [1.54, 1.807) is 0 Å². The zero-order valence-corrected chi connectivity index (χ0v) is 9.93. The Bertz CT molecular complexity index is 545. The van der Waals surface area contributed by atoms with E-state index in [1.165, 1.54) is 5.56 Å². The lowest BCUT2D eigenvalue weighted by molar-refractivity contribution is 0.139. The number of fused-ring (bicyclic) bond motifs is 1. The van der Waals surface area contributed by atoms with Gasteiger partial charge >= 0.3 is 0 Å². The Labute approximate surface area is 101 Å². The fourth-order valence-corrected chi connectivity index (χ4v) is 2.52. The second kappa shape index (κ2) is 4.00. The molecule has 88 valence electrons. The first-order chi connectivity index (χ1) is 8.27. The molecule has 1 aromatic heterocycles. The highest BCUT2D eigenvalue weighted by molar-refractivity contribution is 5.61. The van der Waals surface area contributed by atoms with Crippen molar-refractivity contribution in [2.45, 2.75) is 32.4 Å². The molecule has 2 heterocycles. The average Bonchev–Trinajstić information content (AvgIpc) is 2.75. The molecule has 3 nitrogen and oxygen atoms in total. The summed E-state index contributed by atoms with van der Waals surface area (Å²) in [5.41, 5.74) is 3.34. The van der Waals surface area contributed by atoms with E-state index in [4.69, 9.17) is 0 Å². The molecule has 17 heavy (non-hydrogen) atoms. The van der Waals surface area contributed by atoms with Gasteiger partial charge in [0.05, 0.1) is 18.0 Å². The van der Waals surface area contributed by atoms with Crippen LogP contribution in [0.3, 0.4) is 0 Å². The van der Waals surface area contributed by atoms with E-state index in [2.05, 4.69) is 28.6 Å². The lowest BCUT2D eigenvalue weighted by Crippen LogP contribution is -2.15. The molecule has 0 bridgehead atoms. The van der Waals surface area contributed by atoms with Gasteiger partial charge in [-0.1, -0.05) is 24.3 Å². The number of aliphatic hydroxyl groups is 1. The Morgan fingerprint density at radius 2 is 2.18 bits per heavy atom. The van der Waals surface area contributed by atoms with Crippen LogP contribution in [0.5, 0.6) is 0 Å². The maximum absolute atomic E-state index is 9.93. The second-order valence-corrected chi connectivity index (χ2v) is 4.63. The van der Waals surface area contributed by atoms with Crippen molar-refractivity contribution in [3.8, 4) is 11.4 Å². The maximum atomic E-state index is 9.93. The molecule has 0 spiro atoms. The van der Waals surface area contributed by atoms with Crippen LogP contribution in [0.4, 0.5) is 0 Å². The van der Waals surface area contributed by atoms with Gasteiger partial charge < -0.3 is 9.67 Å². The number of hydrogen-bond donors (Lipinski definition) is 1. The standard InChI is InChI=1S/C14H16N2O/c1-10-5-2-3-6-11(10)14-15-9-12-13(17)7-4-8-16(12)14/h2-3,5-6,9,13,17H,4,7-8H2,1H3. The van der Waals surface area contributed by atoms with Crippen molar-refractivity contribution in [3.63, 3.8) is 0 Å². The van der Waals surface area contributed by atoms with Crippen LogP contribution in [0.1, 0.15) is 30.2 Å². The Balaban J connectivity index is 2.14. The van der Waals surface area contributed by atoms with Crippen molar-refractivity contribution in [3.05, 3.63) is 41.7 Å². The summed E-state index contributed by atoms with van der Waals surface area (Å²) in [6.45, 7) is 3.05. The Hall–Kier alpha value is -1.61. The highest BCUT2D eigenvalue weighted by Gasteiger charge is 2.22. The highest BCUT2D eigenvalue weighted by Crippen LogP contribution is 2.31. The summed E-state index contributed by atoms with van der Waals surface area (Å²) in [6.07, 6.45) is 3.32. The molecule has 0 aliphatic carbocycles. The van der Waals surface area contributed by atoms with Crippen molar-refractivity contribution in [1.82, 2.24) is 9.55 Å². The molecular weight excluding hydrogens is 212 g/mol. The minimum atomic E-state index is -0.353. The SMILES string of the molecule is Cc1ccccc1-c1ncc2n1CCCC2O. The predicted molar refractivity (Wildman–Crippen MR) is 66.6 cm³/mol. The van der Waals surface area contributed by atoms with Crippen LogP contribution >= 0.6 is 0 Å². The molecule has 0 fully saturated rings. The number of benzene rings is 1. The predicted octanol–water partition coefficient (Wildman–Crippen LogP) is 2.69. The summed E-state index contributed by atoms with van der Waals surface area (Å²) in [5.74, 6) is 0.983. The van der Waals surface area contributed by atoms with E-state index in [1.807, 2.05) is 18.3 Å². The number of imidazole rings is 1. The van der Waals surface area contributed by atoms with Crippen molar-refractivity contribution in [2.24, 2.45) is 0 Å². The third-order valence-electron chi connectivity index (χ3n) is 3.47. The summed E-state index contributed by atoms with van der Waals surface area (Å²) in [5, 5.41) is 9.93. The van der Waals surface area contributed by atoms with E-state index >= 15 is 0 Å². The molecule has 1 aromatic carbocycles. The van der Waals surface area contributed by atoms with Crippen molar-refractivity contribution in [1.29, 1.82) is 0 Å². The lowest BCUT2D eigenvalue weighted by atomic mass is 10.1. The van der Waals surface area contributed by atoms with Crippen LogP contribution < -0.4 is 0 Å². The van der Waals surface area contributed by atoms with Gasteiger partial charge in [0.1, 0.15) is 5.82 Å². The van der Waals surface area contributed by atoms with E-state index in [-0.39, 0.29) is 6.10 Å². The molecule has 0 saturated carbocycles. The molecule has 1 N–H and O–H groups in total. The fourth-order valence-electron chi connectivity index (χ4n) is 2.52. The smallest absolute Gasteiger partial charge is 0.140 e. The second-order valence-electron chi connectivity index (χ2n) is 4.63. The van der Waals surface area contributed by atoms with Crippen molar-refractivity contribution < 1.29 is 5.11 Å². The minimum absolute atomic E-state index is 0.353. The average molecular weight is 228 g/mol. The molecule has 0 amide bonds. The van der Waals surface area contributed by atoms with E-state index in [0.29, 0.717) is 0 Å². The van der Waals surface area contributed by atoms with Gasteiger partial charge in [0.15, 0.2) is 0 Å². The third-order valence-corrected chi connectivity index (χ3v) is 3.47. The lowest BCUT2D eigenvalue weighted by Gasteiger charge is -2.21. The zero-order valence-electron chi connectivity index (χ0n) is 9.93. The van der Waals surface area contributed by atoms with Gasteiger partial charge in [0.25, 0.3) is 0 Å². The molecule has 0 saturated heterocycles. The van der Waals surface area contributed by atoms with Crippen LogP contribution in [-0.4, -0.2) is 14.7 Å². The number of rotatable bonds is 1. The number of aromatic nitrogens is 2. The summed E-state index contributed by atoms with van der Waals surface area (Å²) < 4.78 is 2.15. The van der Waals surface area contributed by atoms with Crippen LogP contribution in [0, 0.1) is 6.92 Å². The molecule has 2 aromatic rings. The van der Waals surface area contributed by atoms with E-state index < -0.39 is 0 Å². The molecule has 1 aliphatic heterocycles. The van der Waals surface area contributed by atoms with Crippen LogP contribution in [0.15, 0.2) is 30.5 Å². The van der Waals surface area contributed by atoms with Gasteiger partial charge in [0, 0.05) is 12.1 Å². The Morgan fingerprint density at radius 1 is 1.35 bits per heavy atom. The highest BCUT2D eigenvalue weighted by atomic mass is 16.3. The van der Waals surface area contributed by atoms with Gasteiger partial charge in [-0.3, -0.25) is 0 Å².